The van der Waals surface area contributed by atoms with E-state index in [4.69, 9.17) is 4.74 Å². The van der Waals surface area contributed by atoms with Gasteiger partial charge in [-0.3, -0.25) is 19.3 Å². The smallest absolute Gasteiger partial charge is 0.330 e. The van der Waals surface area contributed by atoms with Crippen LogP contribution in [-0.2, 0) is 29.3 Å². The molecular weight excluding hydrogens is 520 g/mol. The minimum absolute atomic E-state index is 0.0651. The molecule has 0 saturated carbocycles. The Kier molecular flexibility index (Phi) is 7.11. The van der Waals surface area contributed by atoms with E-state index in [1.54, 1.807) is 36.1 Å². The first-order valence-electron chi connectivity index (χ1n) is 12.3. The molecule has 39 heavy (non-hydrogen) atoms. The highest BCUT2D eigenvalue weighted by Crippen LogP contribution is 2.22. The topological polar surface area (TPSA) is 142 Å². The number of benzene rings is 2. The molecule has 12 heteroatoms. The number of rotatable bonds is 9. The van der Waals surface area contributed by atoms with E-state index in [1.807, 2.05) is 31.2 Å². The Balaban J connectivity index is 1.24. The maximum atomic E-state index is 12.9. The molecule has 1 N–H and O–H groups in total. The van der Waals surface area contributed by atoms with Gasteiger partial charge < -0.3 is 9.30 Å². The quantitative estimate of drug-likeness (QED) is 0.297. The van der Waals surface area contributed by atoms with Crippen LogP contribution in [0, 0.1) is 6.92 Å². The Morgan fingerprint density at radius 3 is 2.38 bits per heavy atom. The molecule has 0 atom stereocenters. The van der Waals surface area contributed by atoms with Crippen LogP contribution in [0.5, 0.6) is 11.6 Å². The molecule has 0 spiro atoms. The molecule has 3 aromatic heterocycles. The lowest BCUT2D eigenvalue weighted by Crippen LogP contribution is -2.31. The summed E-state index contributed by atoms with van der Waals surface area (Å²) < 4.78 is 34.6. The first-order valence-corrected chi connectivity index (χ1v) is 13.9. The first kappa shape index (κ1) is 26.0. The molecule has 0 amide bonds. The number of aromatic nitrogens is 6. The van der Waals surface area contributed by atoms with Crippen LogP contribution in [0.2, 0.25) is 0 Å². The van der Waals surface area contributed by atoms with Gasteiger partial charge in [-0.15, -0.1) is 0 Å². The predicted molar refractivity (Wildman–Crippen MR) is 145 cm³/mol. The van der Waals surface area contributed by atoms with Gasteiger partial charge in [-0.25, -0.2) is 23.2 Å². The molecule has 2 aromatic carbocycles. The van der Waals surface area contributed by atoms with E-state index >= 15 is 0 Å². The number of ether oxygens (including phenoxy) is 1. The van der Waals surface area contributed by atoms with E-state index in [9.17, 15) is 18.0 Å². The molecule has 0 bridgehead atoms. The number of nitrogens with zero attached hydrogens (tertiary/aromatic N) is 5. The van der Waals surface area contributed by atoms with Gasteiger partial charge in [0.15, 0.2) is 21.0 Å². The summed E-state index contributed by atoms with van der Waals surface area (Å²) in [6.45, 7) is 4.46. The number of hydrogen-bond acceptors (Lipinski definition) is 8. The van der Waals surface area contributed by atoms with Gasteiger partial charge in [0, 0.05) is 12.7 Å². The fourth-order valence-electron chi connectivity index (χ4n) is 4.20. The summed E-state index contributed by atoms with van der Waals surface area (Å²) in [7, 11) is -3.52. The normalized spacial score (nSPS) is 11.6. The average Bonchev–Trinajstić information content (AvgIpc) is 3.36. The summed E-state index contributed by atoms with van der Waals surface area (Å²) >= 11 is 0. The maximum Gasteiger partial charge on any atom is 0.330 e. The van der Waals surface area contributed by atoms with Crippen LogP contribution in [0.1, 0.15) is 23.7 Å². The van der Waals surface area contributed by atoms with Crippen LogP contribution in [-0.4, -0.2) is 43.2 Å². The zero-order valence-electron chi connectivity index (χ0n) is 21.4. The average molecular weight is 547 g/mol. The number of aromatic amines is 1. The van der Waals surface area contributed by atoms with Gasteiger partial charge in [-0.05, 0) is 55.7 Å². The highest BCUT2D eigenvalue weighted by Gasteiger charge is 2.16. The maximum absolute atomic E-state index is 12.9. The van der Waals surface area contributed by atoms with Gasteiger partial charge in [0.2, 0.25) is 5.88 Å². The summed E-state index contributed by atoms with van der Waals surface area (Å²) in [5.41, 5.74) is 2.04. The zero-order valence-corrected chi connectivity index (χ0v) is 22.2. The molecule has 0 aliphatic carbocycles. The summed E-state index contributed by atoms with van der Waals surface area (Å²) in [6.07, 6.45) is 4.97. The number of H-pyrrole nitrogens is 1. The number of aryl methyl sites for hydroxylation is 3. The van der Waals surface area contributed by atoms with Crippen molar-refractivity contribution >= 4 is 21.0 Å². The van der Waals surface area contributed by atoms with Gasteiger partial charge in [0.1, 0.15) is 5.75 Å². The molecule has 0 fully saturated rings. The Morgan fingerprint density at radius 2 is 1.69 bits per heavy atom. The number of imidazole rings is 1. The van der Waals surface area contributed by atoms with Crippen LogP contribution in [0.3, 0.4) is 0 Å². The monoisotopic (exact) mass is 546 g/mol. The lowest BCUT2D eigenvalue weighted by molar-refractivity contribution is 0.458. The standard InChI is InChI=1S/C27H26N6O5S/c1-3-32-17-29-25-24(32)26(34)31-27(35)33(25)16-20-6-4-19(5-7-20)12-13-39(36,37)22-10-8-21(9-11-22)38-23-15-28-14-18(2)30-23/h4-11,14-15,17H,3,12-13,16H2,1-2H3,(H,31,34,35). The Labute approximate surface area is 223 Å². The molecule has 0 aliphatic heterocycles. The van der Waals surface area contributed by atoms with Crippen molar-refractivity contribution in [1.82, 2.24) is 29.1 Å². The van der Waals surface area contributed by atoms with Crippen molar-refractivity contribution in [3.05, 3.63) is 105 Å². The van der Waals surface area contributed by atoms with E-state index < -0.39 is 21.1 Å². The van der Waals surface area contributed by atoms with Gasteiger partial charge in [-0.1, -0.05) is 24.3 Å². The minimum Gasteiger partial charge on any atom is -0.437 e. The van der Waals surface area contributed by atoms with E-state index in [0.717, 1.165) is 11.1 Å². The van der Waals surface area contributed by atoms with Gasteiger partial charge in [-0.2, -0.15) is 0 Å². The van der Waals surface area contributed by atoms with Crippen LogP contribution in [0.25, 0.3) is 11.2 Å². The second-order valence-electron chi connectivity index (χ2n) is 9.01. The van der Waals surface area contributed by atoms with Gasteiger partial charge >= 0.3 is 5.69 Å². The van der Waals surface area contributed by atoms with Gasteiger partial charge in [0.05, 0.1) is 35.4 Å². The molecule has 200 valence electrons. The lowest BCUT2D eigenvalue weighted by Gasteiger charge is -2.09. The summed E-state index contributed by atoms with van der Waals surface area (Å²) in [5.74, 6) is 0.731. The minimum atomic E-state index is -3.52. The van der Waals surface area contributed by atoms with E-state index in [2.05, 4.69) is 19.9 Å². The highest BCUT2D eigenvalue weighted by molar-refractivity contribution is 7.91. The third-order valence-electron chi connectivity index (χ3n) is 6.26. The number of sulfone groups is 1. The molecule has 3 heterocycles. The van der Waals surface area contributed by atoms with Crippen LogP contribution in [0.4, 0.5) is 0 Å². The molecule has 11 nitrogen and oxygen atoms in total. The third kappa shape index (κ3) is 5.65. The van der Waals surface area contributed by atoms with E-state index in [0.29, 0.717) is 41.5 Å². The van der Waals surface area contributed by atoms with Crippen molar-refractivity contribution in [2.24, 2.45) is 0 Å². The van der Waals surface area contributed by atoms with Crippen molar-refractivity contribution < 1.29 is 13.2 Å². The van der Waals surface area contributed by atoms with E-state index in [-0.39, 0.29) is 17.2 Å². The van der Waals surface area contributed by atoms with Crippen molar-refractivity contribution in [2.45, 2.75) is 38.3 Å². The SMILES string of the molecule is CCn1cnc2c1c(=O)[nH]c(=O)n2Cc1ccc(CCS(=O)(=O)c2ccc(Oc3cncc(C)n3)cc2)cc1. The second-order valence-corrected chi connectivity index (χ2v) is 11.1. The fourth-order valence-corrected chi connectivity index (χ4v) is 5.49. The van der Waals surface area contributed by atoms with Crippen molar-refractivity contribution in [3.8, 4) is 11.6 Å². The van der Waals surface area contributed by atoms with Crippen LogP contribution >= 0.6 is 0 Å². The lowest BCUT2D eigenvalue weighted by atomic mass is 10.1. The molecule has 5 rings (SSSR count). The van der Waals surface area contributed by atoms with Crippen molar-refractivity contribution in [1.29, 1.82) is 0 Å². The summed E-state index contributed by atoms with van der Waals surface area (Å²) in [4.78, 5) is 39.8. The third-order valence-corrected chi connectivity index (χ3v) is 7.99. The molecule has 0 aliphatic rings. The molecule has 0 saturated heterocycles. The van der Waals surface area contributed by atoms with E-state index in [1.165, 1.54) is 22.9 Å². The van der Waals surface area contributed by atoms with Crippen molar-refractivity contribution in [3.63, 3.8) is 0 Å². The summed E-state index contributed by atoms with van der Waals surface area (Å²) in [6, 6.07) is 13.5. The molecule has 5 aromatic rings. The number of hydrogen-bond donors (Lipinski definition) is 1. The van der Waals surface area contributed by atoms with Crippen LogP contribution < -0.4 is 16.0 Å². The Bertz CT molecular complexity index is 1860. The van der Waals surface area contributed by atoms with Gasteiger partial charge in [0.25, 0.3) is 5.56 Å². The molecular formula is C27H26N6O5S. The first-order chi connectivity index (χ1) is 18.7. The largest absolute Gasteiger partial charge is 0.437 e. The summed E-state index contributed by atoms with van der Waals surface area (Å²) in [5, 5.41) is 0. The Morgan fingerprint density at radius 1 is 0.974 bits per heavy atom. The zero-order chi connectivity index (χ0) is 27.6. The predicted octanol–water partition coefficient (Wildman–Crippen LogP) is 2.86. The second kappa shape index (κ2) is 10.7. The van der Waals surface area contributed by atoms with Crippen molar-refractivity contribution in [2.75, 3.05) is 5.75 Å². The number of nitrogens with one attached hydrogen (secondary N) is 1. The van der Waals surface area contributed by atoms with Crippen LogP contribution in [0.15, 0.2) is 81.7 Å². The molecule has 0 unspecified atom stereocenters. The highest BCUT2D eigenvalue weighted by atomic mass is 32.2. The Hall–Kier alpha value is -4.58. The fraction of sp³-hybridized carbons (Fsp3) is 0.222. The number of fused-ring (bicyclic) bond motifs is 1. The molecule has 0 radical (unpaired) electrons.